The minimum atomic E-state index is -0.569. The maximum atomic E-state index is 12.8. The molecule has 1 aliphatic heterocycles. The van der Waals surface area contributed by atoms with Gasteiger partial charge >= 0.3 is 5.69 Å². The molecule has 3 rings (SSSR count). The molecule has 2 heterocycles. The lowest BCUT2D eigenvalue weighted by Gasteiger charge is -2.14. The Bertz CT molecular complexity index is 1030. The van der Waals surface area contributed by atoms with Crippen molar-refractivity contribution in [1.82, 2.24) is 9.13 Å². The molecule has 2 aromatic rings. The molecule has 9 heteroatoms. The summed E-state index contributed by atoms with van der Waals surface area (Å²) in [5, 5.41) is 2.90. The average Bonchev–Trinajstić information content (AvgIpc) is 3.10. The Hall–Kier alpha value is -2.65. The van der Waals surface area contributed by atoms with Gasteiger partial charge < -0.3 is 15.8 Å². The molecule has 1 aliphatic rings. The highest BCUT2D eigenvalue weighted by Crippen LogP contribution is 2.23. The summed E-state index contributed by atoms with van der Waals surface area (Å²) in [4.78, 5) is 37.0. The molecule has 0 spiro atoms. The first-order chi connectivity index (χ1) is 12.3. The van der Waals surface area contributed by atoms with Crippen LogP contribution in [0.4, 0.5) is 11.5 Å². The summed E-state index contributed by atoms with van der Waals surface area (Å²) in [6.07, 6.45) is 0. The van der Waals surface area contributed by atoms with E-state index in [0.29, 0.717) is 16.8 Å². The number of carbonyl (C=O) groups is 1. The van der Waals surface area contributed by atoms with Crippen LogP contribution in [0.15, 0.2) is 49.6 Å². The van der Waals surface area contributed by atoms with Crippen LogP contribution in [0, 0.1) is 0 Å². The average molecular weight is 421 g/mol. The molecule has 0 fully saturated rings. The third-order valence-corrected chi connectivity index (χ3v) is 4.75. The highest BCUT2D eigenvalue weighted by atomic mass is 79.9. The number of aromatic nitrogens is 2. The number of nitrogens with one attached hydrogen (secondary N) is 1. The van der Waals surface area contributed by atoms with E-state index in [2.05, 4.69) is 21.2 Å². The van der Waals surface area contributed by atoms with Crippen molar-refractivity contribution in [3.8, 4) is 0 Å². The van der Waals surface area contributed by atoms with E-state index in [1.807, 2.05) is 0 Å². The van der Waals surface area contributed by atoms with Crippen molar-refractivity contribution in [2.75, 3.05) is 24.3 Å². The van der Waals surface area contributed by atoms with E-state index in [4.69, 9.17) is 10.5 Å². The fourth-order valence-corrected chi connectivity index (χ4v) is 2.91. The number of halogens is 1. The molecule has 0 aliphatic carbocycles. The summed E-state index contributed by atoms with van der Waals surface area (Å²) >= 11 is 3.33. The van der Waals surface area contributed by atoms with Gasteiger partial charge in [-0.05, 0) is 24.3 Å². The lowest BCUT2D eigenvalue weighted by Crippen LogP contribution is -2.39. The van der Waals surface area contributed by atoms with Gasteiger partial charge in [-0.1, -0.05) is 15.9 Å². The van der Waals surface area contributed by atoms with Crippen molar-refractivity contribution >= 4 is 33.2 Å². The van der Waals surface area contributed by atoms with E-state index in [-0.39, 0.29) is 30.5 Å². The Morgan fingerprint density at radius 1 is 1.15 bits per heavy atom. The smallest absolute Gasteiger partial charge is 0.332 e. The molecule has 3 N–H and O–H groups in total. The van der Waals surface area contributed by atoms with Crippen LogP contribution in [0.2, 0.25) is 0 Å². The Morgan fingerprint density at radius 2 is 1.81 bits per heavy atom. The van der Waals surface area contributed by atoms with Crippen molar-refractivity contribution in [2.45, 2.75) is 0 Å². The predicted molar refractivity (Wildman–Crippen MR) is 101 cm³/mol. The Labute approximate surface area is 157 Å². The molecule has 0 saturated carbocycles. The lowest BCUT2D eigenvalue weighted by molar-refractivity contribution is 0.101. The highest BCUT2D eigenvalue weighted by molar-refractivity contribution is 9.10. The summed E-state index contributed by atoms with van der Waals surface area (Å²) in [5.74, 6) is -0.203. The number of rotatable bonds is 4. The highest BCUT2D eigenvalue weighted by Gasteiger charge is 2.25. The molecule has 0 atom stereocenters. The molecular formula is C17H17BrN4O4. The monoisotopic (exact) mass is 420 g/mol. The molecule has 0 radical (unpaired) electrons. The number of benzene rings is 1. The second kappa shape index (κ2) is 6.93. The van der Waals surface area contributed by atoms with Crippen molar-refractivity contribution in [1.29, 1.82) is 0 Å². The van der Waals surface area contributed by atoms with Gasteiger partial charge in [0, 0.05) is 29.7 Å². The van der Waals surface area contributed by atoms with Crippen LogP contribution in [-0.2, 0) is 18.8 Å². The molecule has 0 amide bonds. The van der Waals surface area contributed by atoms with E-state index in [0.717, 1.165) is 13.6 Å². The maximum absolute atomic E-state index is 12.8. The number of nitrogens with zero attached hydrogens (tertiary/aromatic N) is 2. The van der Waals surface area contributed by atoms with E-state index >= 15 is 0 Å². The van der Waals surface area contributed by atoms with Crippen molar-refractivity contribution < 1.29 is 9.53 Å². The molecule has 1 aromatic carbocycles. The molecule has 1 aromatic heterocycles. The number of ether oxygens (including phenoxy) is 1. The number of nitrogen functional groups attached to an aromatic ring is 1. The summed E-state index contributed by atoms with van der Waals surface area (Å²) in [5.41, 5.74) is 6.24. The fourth-order valence-electron chi connectivity index (χ4n) is 2.65. The zero-order valence-corrected chi connectivity index (χ0v) is 15.8. The molecule has 136 valence electrons. The zero-order valence-electron chi connectivity index (χ0n) is 14.2. The van der Waals surface area contributed by atoms with E-state index in [1.54, 1.807) is 24.3 Å². The van der Waals surface area contributed by atoms with Gasteiger partial charge in [0.05, 0.1) is 18.9 Å². The van der Waals surface area contributed by atoms with Crippen LogP contribution >= 0.6 is 15.9 Å². The van der Waals surface area contributed by atoms with Crippen molar-refractivity contribution in [3.63, 3.8) is 0 Å². The number of nitrogens with two attached hydrogens (primary N) is 1. The normalized spacial score (nSPS) is 14.0. The largest absolute Gasteiger partial charge is 0.383 e. The van der Waals surface area contributed by atoms with Crippen LogP contribution in [0.5, 0.6) is 0 Å². The van der Waals surface area contributed by atoms with Crippen molar-refractivity contribution in [2.24, 2.45) is 14.1 Å². The van der Waals surface area contributed by atoms with Gasteiger partial charge in [0.2, 0.25) is 0 Å². The number of ketones is 1. The number of hydrogen-bond acceptors (Lipinski definition) is 6. The number of anilines is 2. The summed E-state index contributed by atoms with van der Waals surface area (Å²) in [7, 11) is 2.83. The van der Waals surface area contributed by atoms with Crippen LogP contribution in [0.1, 0.15) is 10.4 Å². The second-order valence-corrected chi connectivity index (χ2v) is 6.79. The van der Waals surface area contributed by atoms with Gasteiger partial charge in [-0.25, -0.2) is 4.79 Å². The Morgan fingerprint density at radius 3 is 2.46 bits per heavy atom. The first-order valence-electron chi connectivity index (χ1n) is 7.73. The Balaban J connectivity index is 2.03. The summed E-state index contributed by atoms with van der Waals surface area (Å²) in [6, 6.07) is 6.96. The van der Waals surface area contributed by atoms with Gasteiger partial charge in [-0.3, -0.25) is 18.7 Å². The second-order valence-electron chi connectivity index (χ2n) is 5.88. The predicted octanol–water partition coefficient (Wildman–Crippen LogP) is 1.01. The maximum Gasteiger partial charge on any atom is 0.332 e. The van der Waals surface area contributed by atoms with Crippen LogP contribution in [0.25, 0.3) is 0 Å². The summed E-state index contributed by atoms with van der Waals surface area (Å²) < 4.78 is 8.37. The van der Waals surface area contributed by atoms with E-state index < -0.39 is 11.2 Å². The van der Waals surface area contributed by atoms with Gasteiger partial charge in [0.15, 0.2) is 5.78 Å². The van der Waals surface area contributed by atoms with Crippen LogP contribution in [0.3, 0.4) is 0 Å². The first kappa shape index (κ1) is 18.2. The number of carbonyl (C=O) groups excluding carboxylic acids is 1. The minimum absolute atomic E-state index is 0.00654. The van der Waals surface area contributed by atoms with Gasteiger partial charge in [-0.2, -0.15) is 0 Å². The quantitative estimate of drug-likeness (QED) is 0.714. The number of hydrogen-bond donors (Lipinski definition) is 2. The summed E-state index contributed by atoms with van der Waals surface area (Å²) in [6.45, 7) is 0.270. The van der Waals surface area contributed by atoms with Gasteiger partial charge in [-0.15, -0.1) is 0 Å². The lowest BCUT2D eigenvalue weighted by atomic mass is 10.0. The van der Waals surface area contributed by atoms with E-state index in [1.165, 1.54) is 14.1 Å². The van der Waals surface area contributed by atoms with E-state index in [9.17, 15) is 14.4 Å². The van der Waals surface area contributed by atoms with Crippen LogP contribution in [-0.4, -0.2) is 28.1 Å². The Kier molecular flexibility index (Phi) is 4.84. The third-order valence-electron chi connectivity index (χ3n) is 4.22. The SMILES string of the molecule is Cn1c(N)c(NC2=C(C(=O)c3ccc(Br)cc3)COC2)c(=O)n(C)c1=O. The number of Topliss-reactive ketones (excluding diaryl/α,β-unsaturated/α-hetero) is 1. The molecular weight excluding hydrogens is 404 g/mol. The van der Waals surface area contributed by atoms with Gasteiger partial charge in [0.1, 0.15) is 11.5 Å². The first-order valence-corrected chi connectivity index (χ1v) is 8.53. The zero-order chi connectivity index (χ0) is 19.0. The standard InChI is InChI=1S/C17H17BrN4O4/c1-21-15(19)13(16(24)22(2)17(21)25)20-12-8-26-7-11(12)14(23)9-3-5-10(18)6-4-9/h3-6,20H,7-8,19H2,1-2H3. The van der Waals surface area contributed by atoms with Gasteiger partial charge in [0.25, 0.3) is 5.56 Å². The molecule has 0 unspecified atom stereocenters. The topological polar surface area (TPSA) is 108 Å². The molecule has 26 heavy (non-hydrogen) atoms. The molecule has 8 nitrogen and oxygen atoms in total. The minimum Gasteiger partial charge on any atom is -0.383 e. The van der Waals surface area contributed by atoms with Crippen molar-refractivity contribution in [3.05, 3.63) is 66.4 Å². The third kappa shape index (κ3) is 3.11. The molecule has 0 saturated heterocycles. The molecule has 0 bridgehead atoms. The van der Waals surface area contributed by atoms with Crippen LogP contribution < -0.4 is 22.3 Å². The fraction of sp³-hybridized carbons (Fsp3) is 0.235.